The topological polar surface area (TPSA) is 17.1 Å². The number of hydrogen-bond acceptors (Lipinski definition) is 1. The Labute approximate surface area is 120 Å². The summed E-state index contributed by atoms with van der Waals surface area (Å²) in [7, 11) is 0. The molecule has 1 heteroatoms. The highest BCUT2D eigenvalue weighted by molar-refractivity contribution is 5.77. The fourth-order valence-electron chi connectivity index (χ4n) is 3.29. The van der Waals surface area contributed by atoms with Crippen LogP contribution in [0.3, 0.4) is 0 Å². The Morgan fingerprint density at radius 1 is 0.842 bits per heavy atom. The third-order valence-electron chi connectivity index (χ3n) is 4.69. The third kappa shape index (κ3) is 9.24. The molecular weight excluding hydrogens is 232 g/mol. The highest BCUT2D eigenvalue weighted by Crippen LogP contribution is 2.29. The number of unbranched alkanes of at least 4 members (excludes halogenated alkanes) is 7. The van der Waals surface area contributed by atoms with Gasteiger partial charge in [-0.2, -0.15) is 0 Å². The van der Waals surface area contributed by atoms with Crippen LogP contribution in [0.5, 0.6) is 0 Å². The van der Waals surface area contributed by atoms with E-state index in [9.17, 15) is 4.79 Å². The van der Waals surface area contributed by atoms with Gasteiger partial charge in [-0.05, 0) is 12.3 Å². The van der Waals surface area contributed by atoms with Gasteiger partial charge in [-0.15, -0.1) is 0 Å². The summed E-state index contributed by atoms with van der Waals surface area (Å²) in [4.78, 5) is 11.1. The van der Waals surface area contributed by atoms with Gasteiger partial charge in [-0.25, -0.2) is 0 Å². The smallest absolute Gasteiger partial charge is 0.132 e. The fraction of sp³-hybridized carbons (Fsp3) is 0.944. The first-order valence-corrected chi connectivity index (χ1v) is 8.84. The maximum atomic E-state index is 11.1. The Morgan fingerprint density at radius 3 is 1.95 bits per heavy atom. The van der Waals surface area contributed by atoms with Crippen molar-refractivity contribution in [2.45, 2.75) is 103 Å². The summed E-state index contributed by atoms with van der Waals surface area (Å²) in [6.45, 7) is 1.97. The molecule has 1 saturated carbocycles. The summed E-state index contributed by atoms with van der Waals surface area (Å²) in [5.41, 5.74) is 0. The minimum Gasteiger partial charge on any atom is -0.300 e. The molecule has 0 aromatic carbocycles. The van der Waals surface area contributed by atoms with Crippen molar-refractivity contribution in [3.63, 3.8) is 0 Å². The van der Waals surface area contributed by atoms with Crippen LogP contribution in [0.1, 0.15) is 103 Å². The molecule has 0 spiro atoms. The van der Waals surface area contributed by atoms with Crippen molar-refractivity contribution in [1.29, 1.82) is 0 Å². The molecule has 1 aliphatic rings. The van der Waals surface area contributed by atoms with Gasteiger partial charge in [0, 0.05) is 12.8 Å². The second kappa shape index (κ2) is 11.5. The molecule has 0 radical (unpaired) electrons. The monoisotopic (exact) mass is 266 g/mol. The van der Waals surface area contributed by atoms with E-state index in [2.05, 4.69) is 0 Å². The standard InChI is InChI=1S/C18H34O/c1-2-18(19)16-10-8-6-4-3-5-7-9-13-17-14-11-12-15-17/h17H,2-16H2,1H3. The van der Waals surface area contributed by atoms with Crippen LogP contribution in [0.25, 0.3) is 0 Å². The number of Topliss-reactive ketones (excluding diaryl/α,β-unsaturated/α-hetero) is 1. The van der Waals surface area contributed by atoms with Gasteiger partial charge in [0.15, 0.2) is 0 Å². The van der Waals surface area contributed by atoms with E-state index in [1.54, 1.807) is 0 Å². The molecule has 0 unspecified atom stereocenters. The van der Waals surface area contributed by atoms with Crippen LogP contribution in [0, 0.1) is 5.92 Å². The summed E-state index contributed by atoms with van der Waals surface area (Å²) < 4.78 is 0. The van der Waals surface area contributed by atoms with Crippen LogP contribution in [0.2, 0.25) is 0 Å². The number of carbonyl (C=O) groups excluding carboxylic acids is 1. The first kappa shape index (κ1) is 16.7. The Bertz CT molecular complexity index is 216. The van der Waals surface area contributed by atoms with Crippen LogP contribution in [-0.4, -0.2) is 5.78 Å². The van der Waals surface area contributed by atoms with Crippen LogP contribution in [0.4, 0.5) is 0 Å². The van der Waals surface area contributed by atoms with Crippen molar-refractivity contribution < 1.29 is 4.79 Å². The average molecular weight is 266 g/mol. The molecule has 0 saturated heterocycles. The van der Waals surface area contributed by atoms with Gasteiger partial charge in [-0.1, -0.05) is 84.0 Å². The van der Waals surface area contributed by atoms with Crippen LogP contribution in [-0.2, 0) is 4.79 Å². The molecule has 1 fully saturated rings. The number of ketones is 1. The van der Waals surface area contributed by atoms with Gasteiger partial charge < -0.3 is 0 Å². The molecule has 1 aliphatic carbocycles. The van der Waals surface area contributed by atoms with Crippen molar-refractivity contribution in [2.75, 3.05) is 0 Å². The molecule has 1 nitrogen and oxygen atoms in total. The van der Waals surface area contributed by atoms with Crippen molar-refractivity contribution >= 4 is 5.78 Å². The normalized spacial score (nSPS) is 16.1. The van der Waals surface area contributed by atoms with Crippen LogP contribution < -0.4 is 0 Å². The zero-order chi connectivity index (χ0) is 13.8. The van der Waals surface area contributed by atoms with E-state index >= 15 is 0 Å². The molecule has 0 bridgehead atoms. The lowest BCUT2D eigenvalue weighted by molar-refractivity contribution is -0.118. The molecule has 0 aromatic heterocycles. The number of rotatable bonds is 12. The lowest BCUT2D eigenvalue weighted by Gasteiger charge is -2.07. The number of carbonyl (C=O) groups is 1. The molecule has 0 aliphatic heterocycles. The Hall–Kier alpha value is -0.330. The van der Waals surface area contributed by atoms with E-state index in [0.717, 1.165) is 25.2 Å². The quantitative estimate of drug-likeness (QED) is 0.393. The zero-order valence-electron chi connectivity index (χ0n) is 13.1. The molecule has 0 atom stereocenters. The van der Waals surface area contributed by atoms with E-state index in [-0.39, 0.29) is 0 Å². The highest BCUT2D eigenvalue weighted by Gasteiger charge is 2.13. The van der Waals surface area contributed by atoms with Crippen molar-refractivity contribution in [3.8, 4) is 0 Å². The molecule has 0 N–H and O–H groups in total. The molecule has 0 heterocycles. The minimum atomic E-state index is 0.437. The second-order valence-electron chi connectivity index (χ2n) is 6.41. The summed E-state index contributed by atoms with van der Waals surface area (Å²) in [6.07, 6.45) is 19.9. The van der Waals surface area contributed by atoms with Crippen LogP contribution in [0.15, 0.2) is 0 Å². The van der Waals surface area contributed by atoms with Gasteiger partial charge in [-0.3, -0.25) is 4.79 Å². The van der Waals surface area contributed by atoms with E-state index in [4.69, 9.17) is 0 Å². The van der Waals surface area contributed by atoms with E-state index < -0.39 is 0 Å². The van der Waals surface area contributed by atoms with E-state index in [1.165, 1.54) is 77.0 Å². The Morgan fingerprint density at radius 2 is 1.37 bits per heavy atom. The molecule has 0 aromatic rings. The fourth-order valence-corrected chi connectivity index (χ4v) is 3.29. The summed E-state index contributed by atoms with van der Waals surface area (Å²) in [5.74, 6) is 1.52. The van der Waals surface area contributed by atoms with Crippen molar-refractivity contribution in [1.82, 2.24) is 0 Å². The summed E-state index contributed by atoms with van der Waals surface area (Å²) in [6, 6.07) is 0. The van der Waals surface area contributed by atoms with E-state index in [1.807, 2.05) is 6.92 Å². The van der Waals surface area contributed by atoms with Crippen LogP contribution >= 0.6 is 0 Å². The average Bonchev–Trinajstić information content (AvgIpc) is 2.93. The first-order chi connectivity index (χ1) is 9.33. The predicted molar refractivity (Wildman–Crippen MR) is 83.4 cm³/mol. The molecule has 1 rings (SSSR count). The maximum Gasteiger partial charge on any atom is 0.132 e. The third-order valence-corrected chi connectivity index (χ3v) is 4.69. The van der Waals surface area contributed by atoms with Gasteiger partial charge in [0.05, 0.1) is 0 Å². The zero-order valence-corrected chi connectivity index (χ0v) is 13.1. The first-order valence-electron chi connectivity index (χ1n) is 8.84. The molecule has 112 valence electrons. The van der Waals surface area contributed by atoms with Crippen molar-refractivity contribution in [2.24, 2.45) is 5.92 Å². The highest BCUT2D eigenvalue weighted by atomic mass is 16.1. The van der Waals surface area contributed by atoms with Gasteiger partial charge in [0.2, 0.25) is 0 Å². The SMILES string of the molecule is CCC(=O)CCCCCCCCCCC1CCCC1. The van der Waals surface area contributed by atoms with E-state index in [0.29, 0.717) is 5.78 Å². The lowest BCUT2D eigenvalue weighted by Crippen LogP contribution is -1.94. The summed E-state index contributed by atoms with van der Waals surface area (Å²) in [5, 5.41) is 0. The Balaban J connectivity index is 1.72. The largest absolute Gasteiger partial charge is 0.300 e. The maximum absolute atomic E-state index is 11.1. The van der Waals surface area contributed by atoms with Crippen molar-refractivity contribution in [3.05, 3.63) is 0 Å². The van der Waals surface area contributed by atoms with Gasteiger partial charge in [0.25, 0.3) is 0 Å². The Kier molecular flexibility index (Phi) is 10.1. The van der Waals surface area contributed by atoms with Gasteiger partial charge in [0.1, 0.15) is 5.78 Å². The summed E-state index contributed by atoms with van der Waals surface area (Å²) >= 11 is 0. The molecular formula is C18H34O. The van der Waals surface area contributed by atoms with Gasteiger partial charge >= 0.3 is 0 Å². The molecule has 19 heavy (non-hydrogen) atoms. The second-order valence-corrected chi connectivity index (χ2v) is 6.41. The minimum absolute atomic E-state index is 0.437. The lowest BCUT2D eigenvalue weighted by atomic mass is 9.99. The molecule has 0 amide bonds. The number of hydrogen-bond donors (Lipinski definition) is 0. The predicted octanol–water partition coefficient (Wildman–Crippen LogP) is 6.06.